The number of para-hydroxylation sites is 1. The fraction of sp³-hybridized carbons (Fsp3) is 0.364. The third-order valence-electron chi connectivity index (χ3n) is 7.44. The first kappa shape index (κ1) is 29.5. The van der Waals surface area contributed by atoms with E-state index in [0.717, 1.165) is 67.8 Å². The molecule has 1 fully saturated rings. The molecule has 2 N–H and O–H groups in total. The molecule has 2 heterocycles. The summed E-state index contributed by atoms with van der Waals surface area (Å²) >= 11 is 12.2. The van der Waals surface area contributed by atoms with Crippen molar-refractivity contribution < 1.29 is 9.53 Å². The number of carbonyl (C=O) groups is 1. The summed E-state index contributed by atoms with van der Waals surface area (Å²) in [5, 5.41) is 8.65. The number of benzene rings is 3. The van der Waals surface area contributed by atoms with Crippen LogP contribution in [0.15, 0.2) is 72.9 Å². The van der Waals surface area contributed by atoms with Gasteiger partial charge in [-0.2, -0.15) is 0 Å². The van der Waals surface area contributed by atoms with Crippen molar-refractivity contribution in [3.8, 4) is 5.75 Å². The maximum absolute atomic E-state index is 13.4. The first-order valence-electron chi connectivity index (χ1n) is 14.4. The molecule has 1 aliphatic rings. The van der Waals surface area contributed by atoms with Crippen LogP contribution in [0.4, 0.5) is 0 Å². The fourth-order valence-corrected chi connectivity index (χ4v) is 5.82. The second-order valence-electron chi connectivity index (χ2n) is 11.0. The summed E-state index contributed by atoms with van der Waals surface area (Å²) in [5.41, 5.74) is 3.84. The number of likely N-dealkylation sites (tertiary alicyclic amines) is 1. The topological polar surface area (TPSA) is 58.5 Å². The number of amides is 1. The van der Waals surface area contributed by atoms with Gasteiger partial charge in [-0.25, -0.2) is 0 Å². The van der Waals surface area contributed by atoms with E-state index in [9.17, 15) is 4.79 Å². The number of fused-ring (bicyclic) bond motifs is 1. The molecule has 0 radical (unpaired) electrons. The Balaban J connectivity index is 1.23. The molecular formula is C33H38Cl2N4O2. The first-order chi connectivity index (χ1) is 19.9. The van der Waals surface area contributed by atoms with Gasteiger partial charge in [0.1, 0.15) is 5.75 Å². The minimum atomic E-state index is -0.135. The number of ether oxygens (including phenoxy) is 1. The van der Waals surface area contributed by atoms with Gasteiger partial charge in [0.15, 0.2) is 0 Å². The lowest BCUT2D eigenvalue weighted by Gasteiger charge is -2.17. The van der Waals surface area contributed by atoms with Crippen molar-refractivity contribution in [2.75, 3.05) is 19.6 Å². The van der Waals surface area contributed by atoms with Crippen molar-refractivity contribution in [2.24, 2.45) is 0 Å². The van der Waals surface area contributed by atoms with E-state index in [2.05, 4.69) is 50.4 Å². The molecule has 0 spiro atoms. The highest BCUT2D eigenvalue weighted by Crippen LogP contribution is 2.31. The van der Waals surface area contributed by atoms with Gasteiger partial charge in [-0.1, -0.05) is 71.7 Å². The molecule has 1 aromatic heterocycles. The van der Waals surface area contributed by atoms with Gasteiger partial charge >= 0.3 is 0 Å². The van der Waals surface area contributed by atoms with Crippen LogP contribution in [0, 0.1) is 0 Å². The van der Waals surface area contributed by atoms with Crippen LogP contribution in [0.5, 0.6) is 5.75 Å². The van der Waals surface area contributed by atoms with E-state index in [4.69, 9.17) is 27.9 Å². The summed E-state index contributed by atoms with van der Waals surface area (Å²) in [5.74, 6) is 0.658. The molecule has 1 aliphatic heterocycles. The van der Waals surface area contributed by atoms with Crippen LogP contribution < -0.4 is 15.4 Å². The number of hydrogen-bond acceptors (Lipinski definition) is 4. The second kappa shape index (κ2) is 13.8. The first-order valence-corrected chi connectivity index (χ1v) is 15.1. The molecule has 6 nitrogen and oxygen atoms in total. The standard InChI is InChI=1S/C33H38Cl2N4O2/c1-23(2)41-31-11-6-10-27-28(33(40)37-19-25-12-13-29(34)30(35)18-25)22-39(32(27)31)16-7-15-36-26-14-17-38(21-26)20-24-8-4-3-5-9-24/h3-6,8-13,18,22-23,26,36H,7,14-17,19-21H2,1-2H3,(H,37,40). The van der Waals surface area contributed by atoms with E-state index in [-0.39, 0.29) is 12.0 Å². The number of aryl methyl sites for hydroxylation is 1. The molecule has 216 valence electrons. The number of nitrogens with one attached hydrogen (secondary N) is 2. The van der Waals surface area contributed by atoms with Crippen LogP contribution in [0.3, 0.4) is 0 Å². The molecule has 0 saturated carbocycles. The lowest BCUT2D eigenvalue weighted by atomic mass is 10.1. The van der Waals surface area contributed by atoms with Crippen LogP contribution in [-0.2, 0) is 19.6 Å². The number of hydrogen-bond donors (Lipinski definition) is 2. The molecule has 0 aliphatic carbocycles. The summed E-state index contributed by atoms with van der Waals surface area (Å²) < 4.78 is 8.33. The van der Waals surface area contributed by atoms with Gasteiger partial charge in [0.2, 0.25) is 0 Å². The molecule has 4 aromatic rings. The van der Waals surface area contributed by atoms with Crippen molar-refractivity contribution in [3.63, 3.8) is 0 Å². The SMILES string of the molecule is CC(C)Oc1cccc2c(C(=O)NCc3ccc(Cl)c(Cl)c3)cn(CCCNC3CCN(Cc4ccccc4)C3)c12. The lowest BCUT2D eigenvalue weighted by molar-refractivity contribution is 0.0952. The van der Waals surface area contributed by atoms with Gasteiger partial charge in [0.05, 0.1) is 27.2 Å². The van der Waals surface area contributed by atoms with Crippen LogP contribution in [0.25, 0.3) is 10.9 Å². The average Bonchev–Trinajstić information content (AvgIpc) is 3.57. The predicted molar refractivity (Wildman–Crippen MR) is 168 cm³/mol. The monoisotopic (exact) mass is 592 g/mol. The van der Waals surface area contributed by atoms with Crippen LogP contribution in [0.2, 0.25) is 10.0 Å². The summed E-state index contributed by atoms with van der Waals surface area (Å²) in [7, 11) is 0. The zero-order valence-electron chi connectivity index (χ0n) is 23.7. The quantitative estimate of drug-likeness (QED) is 0.175. The van der Waals surface area contributed by atoms with Crippen molar-refractivity contribution in [1.82, 2.24) is 20.1 Å². The van der Waals surface area contributed by atoms with Crippen LogP contribution >= 0.6 is 23.2 Å². The third-order valence-corrected chi connectivity index (χ3v) is 8.17. The number of rotatable bonds is 12. The van der Waals surface area contributed by atoms with Crippen molar-refractivity contribution in [3.05, 3.63) is 99.7 Å². The Bertz CT molecular complexity index is 1470. The summed E-state index contributed by atoms with van der Waals surface area (Å²) in [6, 6.07) is 22.5. The Morgan fingerprint density at radius 2 is 1.85 bits per heavy atom. The van der Waals surface area contributed by atoms with Gasteiger partial charge in [0.25, 0.3) is 5.91 Å². The summed E-state index contributed by atoms with van der Waals surface area (Å²) in [6.07, 6.45) is 4.09. The fourth-order valence-electron chi connectivity index (χ4n) is 5.50. The highest BCUT2D eigenvalue weighted by Gasteiger charge is 2.22. The number of nitrogens with zero attached hydrogens (tertiary/aromatic N) is 2. The molecule has 3 aromatic carbocycles. The maximum atomic E-state index is 13.4. The molecule has 1 amide bonds. The Morgan fingerprint density at radius 1 is 1.02 bits per heavy atom. The lowest BCUT2D eigenvalue weighted by Crippen LogP contribution is -2.33. The molecule has 1 atom stereocenters. The van der Waals surface area contributed by atoms with Crippen molar-refractivity contribution in [1.29, 1.82) is 0 Å². The largest absolute Gasteiger partial charge is 0.489 e. The minimum Gasteiger partial charge on any atom is -0.489 e. The van der Waals surface area contributed by atoms with E-state index in [1.165, 1.54) is 5.56 Å². The van der Waals surface area contributed by atoms with Gasteiger partial charge < -0.3 is 19.9 Å². The highest BCUT2D eigenvalue weighted by molar-refractivity contribution is 6.42. The molecule has 5 rings (SSSR count). The predicted octanol–water partition coefficient (Wildman–Crippen LogP) is 6.92. The Hall–Kier alpha value is -3.03. The van der Waals surface area contributed by atoms with E-state index < -0.39 is 0 Å². The normalized spacial score (nSPS) is 15.6. The van der Waals surface area contributed by atoms with E-state index in [1.54, 1.807) is 12.1 Å². The van der Waals surface area contributed by atoms with Gasteiger partial charge in [-0.15, -0.1) is 0 Å². The second-order valence-corrected chi connectivity index (χ2v) is 11.8. The van der Waals surface area contributed by atoms with Gasteiger partial charge in [-0.05, 0) is 62.6 Å². The molecule has 8 heteroatoms. The molecule has 1 saturated heterocycles. The van der Waals surface area contributed by atoms with Crippen molar-refractivity contribution in [2.45, 2.75) is 58.5 Å². The number of aromatic nitrogens is 1. The average molecular weight is 594 g/mol. The van der Waals surface area contributed by atoms with Crippen LogP contribution in [-0.4, -0.2) is 47.2 Å². The van der Waals surface area contributed by atoms with E-state index in [0.29, 0.717) is 28.2 Å². The summed E-state index contributed by atoms with van der Waals surface area (Å²) in [4.78, 5) is 15.9. The van der Waals surface area contributed by atoms with Gasteiger partial charge in [0, 0.05) is 50.3 Å². The zero-order chi connectivity index (χ0) is 28.8. The molecule has 41 heavy (non-hydrogen) atoms. The minimum absolute atomic E-state index is 0.0266. The third kappa shape index (κ3) is 7.63. The summed E-state index contributed by atoms with van der Waals surface area (Å²) in [6.45, 7) is 9.27. The maximum Gasteiger partial charge on any atom is 0.253 e. The number of halogens is 2. The Labute approximate surface area is 252 Å². The zero-order valence-corrected chi connectivity index (χ0v) is 25.2. The Morgan fingerprint density at radius 3 is 2.63 bits per heavy atom. The highest BCUT2D eigenvalue weighted by atomic mass is 35.5. The Kier molecular flexibility index (Phi) is 9.88. The van der Waals surface area contributed by atoms with Crippen molar-refractivity contribution >= 4 is 40.0 Å². The van der Waals surface area contributed by atoms with E-state index in [1.807, 2.05) is 44.3 Å². The van der Waals surface area contributed by atoms with Crippen LogP contribution in [0.1, 0.15) is 48.2 Å². The van der Waals surface area contributed by atoms with Gasteiger partial charge in [-0.3, -0.25) is 9.69 Å². The smallest absolute Gasteiger partial charge is 0.253 e. The molecule has 1 unspecified atom stereocenters. The molecular weight excluding hydrogens is 555 g/mol. The number of carbonyl (C=O) groups excluding carboxylic acids is 1. The molecule has 0 bridgehead atoms. The van der Waals surface area contributed by atoms with E-state index >= 15 is 0 Å².